The number of aryl methyl sites for hydroxylation is 1. The van der Waals surface area contributed by atoms with Crippen LogP contribution < -0.4 is 0 Å². The molecule has 128 valence electrons. The van der Waals surface area contributed by atoms with Gasteiger partial charge in [0.05, 0.1) is 24.1 Å². The Morgan fingerprint density at radius 3 is 2.62 bits per heavy atom. The van der Waals surface area contributed by atoms with Crippen molar-refractivity contribution in [1.29, 1.82) is 0 Å². The first-order valence-electron chi connectivity index (χ1n) is 8.34. The van der Waals surface area contributed by atoms with Crippen LogP contribution in [0.25, 0.3) is 22.5 Å². The molecule has 4 rings (SSSR count). The molecule has 26 heavy (non-hydrogen) atoms. The monoisotopic (exact) mass is 344 g/mol. The molecule has 2 heterocycles. The van der Waals surface area contributed by atoms with Crippen LogP contribution in [0.3, 0.4) is 0 Å². The number of hydrogen-bond acceptors (Lipinski definition) is 3. The average Bonchev–Trinajstić information content (AvgIpc) is 3.14. The van der Waals surface area contributed by atoms with E-state index in [0.717, 1.165) is 33.6 Å². The molecule has 0 amide bonds. The summed E-state index contributed by atoms with van der Waals surface area (Å²) in [5.74, 6) is -0.227. The first-order valence-corrected chi connectivity index (χ1v) is 8.34. The molecule has 0 aliphatic heterocycles. The quantitative estimate of drug-likeness (QED) is 0.547. The number of rotatable bonds is 4. The average molecular weight is 344 g/mol. The van der Waals surface area contributed by atoms with Gasteiger partial charge in [-0.25, -0.2) is 4.39 Å². The summed E-state index contributed by atoms with van der Waals surface area (Å²) < 4.78 is 15.3. The molecule has 4 nitrogen and oxygen atoms in total. The van der Waals surface area contributed by atoms with Crippen LogP contribution in [0.4, 0.5) is 4.39 Å². The SMILES string of the molecule is Cc1ccc(F)cc1Cn1ccc(-c2cccc(-c3cnccn3)c2)n1. The maximum absolute atomic E-state index is 13.5. The Hall–Kier alpha value is -3.34. The molecule has 0 unspecified atom stereocenters. The lowest BCUT2D eigenvalue weighted by Crippen LogP contribution is -2.02. The van der Waals surface area contributed by atoms with Crippen LogP contribution in [0.15, 0.2) is 73.3 Å². The van der Waals surface area contributed by atoms with Gasteiger partial charge in [0.2, 0.25) is 0 Å². The molecule has 0 radical (unpaired) electrons. The Bertz CT molecular complexity index is 1040. The summed E-state index contributed by atoms with van der Waals surface area (Å²) in [6.07, 6.45) is 6.99. The molecular formula is C21H17FN4. The summed E-state index contributed by atoms with van der Waals surface area (Å²) in [5, 5.41) is 4.64. The fraction of sp³-hybridized carbons (Fsp3) is 0.0952. The topological polar surface area (TPSA) is 43.6 Å². The van der Waals surface area contributed by atoms with Crippen molar-refractivity contribution in [2.75, 3.05) is 0 Å². The van der Waals surface area contributed by atoms with E-state index in [4.69, 9.17) is 0 Å². The number of benzene rings is 2. The van der Waals surface area contributed by atoms with Crippen LogP contribution in [-0.4, -0.2) is 19.7 Å². The highest BCUT2D eigenvalue weighted by Gasteiger charge is 2.07. The van der Waals surface area contributed by atoms with Crippen molar-refractivity contribution in [2.45, 2.75) is 13.5 Å². The van der Waals surface area contributed by atoms with Gasteiger partial charge in [-0.3, -0.25) is 14.6 Å². The van der Waals surface area contributed by atoms with Gasteiger partial charge in [-0.2, -0.15) is 5.10 Å². The lowest BCUT2D eigenvalue weighted by Gasteiger charge is -2.06. The zero-order chi connectivity index (χ0) is 17.9. The zero-order valence-electron chi connectivity index (χ0n) is 14.3. The smallest absolute Gasteiger partial charge is 0.123 e. The molecule has 0 N–H and O–H groups in total. The van der Waals surface area contributed by atoms with Crippen molar-refractivity contribution in [2.24, 2.45) is 0 Å². The van der Waals surface area contributed by atoms with Gasteiger partial charge >= 0.3 is 0 Å². The molecule has 0 aliphatic rings. The summed E-state index contributed by atoms with van der Waals surface area (Å²) in [5.41, 5.74) is 5.66. The molecule has 0 spiro atoms. The van der Waals surface area contributed by atoms with Crippen molar-refractivity contribution in [3.63, 3.8) is 0 Å². The highest BCUT2D eigenvalue weighted by molar-refractivity contribution is 5.68. The molecule has 2 aromatic carbocycles. The van der Waals surface area contributed by atoms with Gasteiger partial charge in [0.15, 0.2) is 0 Å². The zero-order valence-corrected chi connectivity index (χ0v) is 14.3. The Morgan fingerprint density at radius 1 is 0.962 bits per heavy atom. The first kappa shape index (κ1) is 16.1. The predicted octanol–water partition coefficient (Wildman–Crippen LogP) is 4.50. The number of nitrogens with zero attached hydrogens (tertiary/aromatic N) is 4. The Morgan fingerprint density at radius 2 is 1.81 bits per heavy atom. The summed E-state index contributed by atoms with van der Waals surface area (Å²) >= 11 is 0. The van der Waals surface area contributed by atoms with Crippen LogP contribution in [0.2, 0.25) is 0 Å². The standard InChI is InChI=1S/C21H17FN4/c1-15-5-6-19(22)12-18(15)14-26-10-7-20(25-26)16-3-2-4-17(11-16)21-13-23-8-9-24-21/h2-13H,14H2,1H3. The second-order valence-electron chi connectivity index (χ2n) is 6.14. The van der Waals surface area contributed by atoms with Gasteiger partial charge in [-0.15, -0.1) is 0 Å². The number of halogens is 1. The second kappa shape index (κ2) is 6.88. The third kappa shape index (κ3) is 3.37. The molecule has 2 aromatic heterocycles. The van der Waals surface area contributed by atoms with E-state index in [9.17, 15) is 4.39 Å². The number of hydrogen-bond donors (Lipinski definition) is 0. The van der Waals surface area contributed by atoms with Crippen molar-refractivity contribution < 1.29 is 4.39 Å². The normalized spacial score (nSPS) is 10.8. The van der Waals surface area contributed by atoms with Crippen molar-refractivity contribution >= 4 is 0 Å². The van der Waals surface area contributed by atoms with Crippen LogP contribution in [0, 0.1) is 12.7 Å². The maximum atomic E-state index is 13.5. The summed E-state index contributed by atoms with van der Waals surface area (Å²) in [6, 6.07) is 14.8. The van der Waals surface area contributed by atoms with E-state index in [1.807, 2.05) is 48.1 Å². The van der Waals surface area contributed by atoms with Crippen molar-refractivity contribution in [3.05, 3.63) is 90.3 Å². The van der Waals surface area contributed by atoms with E-state index in [1.54, 1.807) is 30.7 Å². The van der Waals surface area contributed by atoms with E-state index in [-0.39, 0.29) is 5.82 Å². The molecule has 4 aromatic rings. The molecule has 5 heteroatoms. The van der Waals surface area contributed by atoms with Crippen molar-refractivity contribution in [1.82, 2.24) is 19.7 Å². The highest BCUT2D eigenvalue weighted by Crippen LogP contribution is 2.24. The Kier molecular flexibility index (Phi) is 4.27. The minimum Gasteiger partial charge on any atom is -0.268 e. The van der Waals surface area contributed by atoms with Gasteiger partial charge in [0, 0.05) is 29.7 Å². The summed E-state index contributed by atoms with van der Waals surface area (Å²) in [4.78, 5) is 8.46. The van der Waals surface area contributed by atoms with E-state index in [0.29, 0.717) is 6.54 Å². The molecule has 0 saturated heterocycles. The molecule has 0 atom stereocenters. The fourth-order valence-electron chi connectivity index (χ4n) is 2.87. The lowest BCUT2D eigenvalue weighted by atomic mass is 10.1. The third-order valence-electron chi connectivity index (χ3n) is 4.30. The molecule has 0 aliphatic carbocycles. The Balaban J connectivity index is 1.61. The van der Waals surface area contributed by atoms with Crippen molar-refractivity contribution in [3.8, 4) is 22.5 Å². The lowest BCUT2D eigenvalue weighted by molar-refractivity contribution is 0.618. The number of aromatic nitrogens is 4. The first-order chi connectivity index (χ1) is 12.7. The second-order valence-corrected chi connectivity index (χ2v) is 6.14. The van der Waals surface area contributed by atoms with Gasteiger partial charge in [0.1, 0.15) is 5.82 Å². The summed E-state index contributed by atoms with van der Waals surface area (Å²) in [6.45, 7) is 2.51. The van der Waals surface area contributed by atoms with E-state index < -0.39 is 0 Å². The van der Waals surface area contributed by atoms with E-state index in [1.165, 1.54) is 6.07 Å². The Labute approximate surface area is 151 Å². The molecular weight excluding hydrogens is 327 g/mol. The van der Waals surface area contributed by atoms with Crippen LogP contribution in [-0.2, 0) is 6.54 Å². The molecule has 0 saturated carbocycles. The minimum absolute atomic E-state index is 0.227. The van der Waals surface area contributed by atoms with E-state index >= 15 is 0 Å². The van der Waals surface area contributed by atoms with Crippen LogP contribution >= 0.6 is 0 Å². The van der Waals surface area contributed by atoms with Gasteiger partial charge in [-0.1, -0.05) is 24.3 Å². The maximum Gasteiger partial charge on any atom is 0.123 e. The minimum atomic E-state index is -0.227. The van der Waals surface area contributed by atoms with E-state index in [2.05, 4.69) is 15.1 Å². The van der Waals surface area contributed by atoms with Crippen LogP contribution in [0.5, 0.6) is 0 Å². The molecule has 0 bridgehead atoms. The predicted molar refractivity (Wildman–Crippen MR) is 98.9 cm³/mol. The fourth-order valence-corrected chi connectivity index (χ4v) is 2.87. The largest absolute Gasteiger partial charge is 0.268 e. The third-order valence-corrected chi connectivity index (χ3v) is 4.30. The van der Waals surface area contributed by atoms with Gasteiger partial charge in [0.25, 0.3) is 0 Å². The highest BCUT2D eigenvalue weighted by atomic mass is 19.1. The summed E-state index contributed by atoms with van der Waals surface area (Å²) in [7, 11) is 0. The molecule has 0 fully saturated rings. The van der Waals surface area contributed by atoms with Gasteiger partial charge < -0.3 is 0 Å². The van der Waals surface area contributed by atoms with Gasteiger partial charge in [-0.05, 0) is 42.3 Å². The van der Waals surface area contributed by atoms with Crippen LogP contribution in [0.1, 0.15) is 11.1 Å².